The quantitative estimate of drug-likeness (QED) is 0.328. The Labute approximate surface area is 231 Å². The molecule has 2 N–H and O–H groups in total. The molecule has 36 heavy (non-hydrogen) atoms. The highest BCUT2D eigenvalue weighted by Crippen LogP contribution is 2.60. The van der Waals surface area contributed by atoms with E-state index in [0.29, 0.717) is 22.2 Å². The van der Waals surface area contributed by atoms with E-state index in [1.807, 2.05) is 0 Å². The smallest absolute Gasteiger partial charge is 0.265 e. The SMILES string of the molecule is CC(C)[Si]1(C(C)C)N[Si](C(C)(C)C)(C(C)(C)C)O[Si](C(C)C)(C(C)C)N[Si](C(C)(C)C)(C(C)(C)C)O1. The van der Waals surface area contributed by atoms with Gasteiger partial charge in [-0.05, 0) is 42.3 Å². The monoisotopic (exact) mass is 574 g/mol. The van der Waals surface area contributed by atoms with Gasteiger partial charge in [0, 0.05) is 0 Å². The molecule has 1 rings (SSSR count). The second-order valence-corrected chi connectivity index (χ2v) is 37.2. The summed E-state index contributed by atoms with van der Waals surface area (Å²) in [5.41, 5.74) is 1.68. The van der Waals surface area contributed by atoms with E-state index in [0.717, 1.165) is 0 Å². The maximum absolute atomic E-state index is 8.16. The molecule has 0 saturated carbocycles. The molecule has 0 spiro atoms. The maximum atomic E-state index is 8.16. The van der Waals surface area contributed by atoms with Crippen molar-refractivity contribution >= 4 is 33.9 Å². The fraction of sp³-hybridized carbons (Fsp3) is 1.00. The van der Waals surface area contributed by atoms with Crippen LogP contribution in [0.25, 0.3) is 0 Å². The topological polar surface area (TPSA) is 42.5 Å². The molecular weight excluding hydrogens is 509 g/mol. The maximum Gasteiger partial charge on any atom is 0.265 e. The van der Waals surface area contributed by atoms with Crippen LogP contribution < -0.4 is 9.30 Å². The Morgan fingerprint density at radius 2 is 0.556 bits per heavy atom. The van der Waals surface area contributed by atoms with Gasteiger partial charge in [0.1, 0.15) is 0 Å². The molecule has 8 heteroatoms. The van der Waals surface area contributed by atoms with Crippen LogP contribution in [-0.2, 0) is 8.23 Å². The number of hydrogen-bond acceptors (Lipinski definition) is 4. The second-order valence-electron chi connectivity index (χ2n) is 17.0. The summed E-state index contributed by atoms with van der Waals surface area (Å²) in [7, 11) is -10.4. The highest BCUT2D eigenvalue weighted by molar-refractivity contribution is 7.04. The Morgan fingerprint density at radius 1 is 0.389 bits per heavy atom. The first-order valence-electron chi connectivity index (χ1n) is 14.6. The van der Waals surface area contributed by atoms with Crippen molar-refractivity contribution in [2.45, 2.75) is 181 Å². The first-order chi connectivity index (χ1) is 15.6. The van der Waals surface area contributed by atoms with E-state index in [9.17, 15) is 0 Å². The molecule has 0 amide bonds. The highest BCUT2D eigenvalue weighted by Gasteiger charge is 2.72. The number of nitrogens with one attached hydrogen (secondary N) is 2. The Bertz CT molecular complexity index is 625. The lowest BCUT2D eigenvalue weighted by atomic mass is 10.2. The predicted octanol–water partition coefficient (Wildman–Crippen LogP) is 9.82. The molecule has 0 bridgehead atoms. The minimum atomic E-state index is -2.66. The van der Waals surface area contributed by atoms with Crippen LogP contribution in [0, 0.1) is 0 Å². The largest absolute Gasteiger partial charge is 0.432 e. The van der Waals surface area contributed by atoms with Crippen molar-refractivity contribution in [3.8, 4) is 0 Å². The van der Waals surface area contributed by atoms with Crippen molar-refractivity contribution in [1.82, 2.24) is 9.30 Å². The summed E-state index contributed by atoms with van der Waals surface area (Å²) >= 11 is 0. The van der Waals surface area contributed by atoms with Crippen LogP contribution in [0.5, 0.6) is 0 Å². The van der Waals surface area contributed by atoms with E-state index in [1.54, 1.807) is 0 Å². The van der Waals surface area contributed by atoms with Crippen LogP contribution in [0.4, 0.5) is 0 Å². The molecule has 0 aromatic heterocycles. The lowest BCUT2D eigenvalue weighted by Gasteiger charge is -2.67. The van der Waals surface area contributed by atoms with Gasteiger partial charge in [-0.3, -0.25) is 0 Å². The highest BCUT2D eigenvalue weighted by atomic mass is 28.5. The van der Waals surface area contributed by atoms with Crippen LogP contribution in [0.15, 0.2) is 0 Å². The summed E-state index contributed by atoms with van der Waals surface area (Å²) in [6, 6.07) is 0. The minimum absolute atomic E-state index is 0.00856. The summed E-state index contributed by atoms with van der Waals surface area (Å²) in [5, 5.41) is -0.0342. The molecule has 0 atom stereocenters. The molecule has 1 heterocycles. The van der Waals surface area contributed by atoms with Crippen molar-refractivity contribution in [2.24, 2.45) is 0 Å². The summed E-state index contributed by atoms with van der Waals surface area (Å²) in [4.78, 5) is 0. The number of rotatable bonds is 4. The Kier molecular flexibility index (Phi) is 9.91. The summed E-state index contributed by atoms with van der Waals surface area (Å²) in [5.74, 6) is 0. The zero-order chi connectivity index (χ0) is 29.1. The van der Waals surface area contributed by atoms with Crippen molar-refractivity contribution < 1.29 is 8.23 Å². The van der Waals surface area contributed by atoms with E-state index in [4.69, 9.17) is 8.23 Å². The molecule has 0 radical (unpaired) electrons. The van der Waals surface area contributed by atoms with Gasteiger partial charge in [-0.15, -0.1) is 0 Å². The first-order valence-corrected chi connectivity index (χ1v) is 22.5. The molecule has 1 fully saturated rings. The average Bonchev–Trinajstić information content (AvgIpc) is 2.56. The zero-order valence-electron chi connectivity index (χ0n) is 28.1. The standard InChI is InChI=1S/C28H66N2O2Si4/c1-21(2)33(22(3)4)29-35(25(9,10)11,26(12,13)14)32-34(23(5)6,24(7)8)30-36(31-33,27(15,16)17)28(18,19)20/h21-24,29-30H,1-20H3. The van der Waals surface area contributed by atoms with Crippen LogP contribution in [0.3, 0.4) is 0 Å². The van der Waals surface area contributed by atoms with Crippen molar-refractivity contribution in [3.63, 3.8) is 0 Å². The summed E-state index contributed by atoms with van der Waals surface area (Å²) in [6.45, 7) is 48.4. The molecule has 1 saturated heterocycles. The third-order valence-corrected chi connectivity index (χ3v) is 35.4. The van der Waals surface area contributed by atoms with Gasteiger partial charge in [0.25, 0.3) is 33.9 Å². The summed E-state index contributed by atoms with van der Waals surface area (Å²) < 4.78 is 25.5. The Hall–Kier alpha value is 0.708. The van der Waals surface area contributed by atoms with Crippen LogP contribution in [0.2, 0.25) is 42.3 Å². The molecule has 0 aromatic carbocycles. The van der Waals surface area contributed by atoms with Gasteiger partial charge in [0.2, 0.25) is 0 Å². The van der Waals surface area contributed by atoms with Gasteiger partial charge >= 0.3 is 0 Å². The molecular formula is C28H66N2O2Si4. The summed E-state index contributed by atoms with van der Waals surface area (Å²) in [6.07, 6.45) is 0. The zero-order valence-corrected chi connectivity index (χ0v) is 32.1. The second kappa shape index (κ2) is 10.3. The van der Waals surface area contributed by atoms with Gasteiger partial charge in [-0.1, -0.05) is 138 Å². The van der Waals surface area contributed by atoms with Gasteiger partial charge < -0.3 is 17.5 Å². The van der Waals surface area contributed by atoms with Crippen molar-refractivity contribution in [1.29, 1.82) is 0 Å². The fourth-order valence-corrected chi connectivity index (χ4v) is 44.7. The average molecular weight is 575 g/mol. The lowest BCUT2D eigenvalue weighted by Crippen LogP contribution is -2.89. The van der Waals surface area contributed by atoms with Crippen LogP contribution in [-0.4, -0.2) is 33.9 Å². The van der Waals surface area contributed by atoms with Gasteiger partial charge in [0.15, 0.2) is 0 Å². The lowest BCUT2D eigenvalue weighted by molar-refractivity contribution is 0.325. The molecule has 216 valence electrons. The number of hydrogen-bond donors (Lipinski definition) is 2. The van der Waals surface area contributed by atoms with Crippen LogP contribution in [0.1, 0.15) is 138 Å². The third-order valence-electron chi connectivity index (χ3n) is 9.04. The van der Waals surface area contributed by atoms with Gasteiger partial charge in [-0.25, -0.2) is 0 Å². The predicted molar refractivity (Wildman–Crippen MR) is 171 cm³/mol. The molecule has 0 aromatic rings. The van der Waals surface area contributed by atoms with Gasteiger partial charge in [-0.2, -0.15) is 0 Å². The van der Waals surface area contributed by atoms with Crippen molar-refractivity contribution in [2.75, 3.05) is 0 Å². The normalized spacial score (nSPS) is 23.3. The third kappa shape index (κ3) is 5.50. The minimum Gasteiger partial charge on any atom is -0.432 e. The van der Waals surface area contributed by atoms with Crippen LogP contribution >= 0.6 is 0 Å². The Morgan fingerprint density at radius 3 is 0.667 bits per heavy atom. The van der Waals surface area contributed by atoms with Crippen molar-refractivity contribution in [3.05, 3.63) is 0 Å². The van der Waals surface area contributed by atoms with Gasteiger partial charge in [0.05, 0.1) is 0 Å². The molecule has 0 aliphatic carbocycles. The first kappa shape index (κ1) is 34.7. The van der Waals surface area contributed by atoms with E-state index < -0.39 is 33.9 Å². The molecule has 1 aliphatic rings. The van der Waals surface area contributed by atoms with E-state index >= 15 is 0 Å². The fourth-order valence-electron chi connectivity index (χ4n) is 7.15. The van der Waals surface area contributed by atoms with E-state index in [1.165, 1.54) is 0 Å². The van der Waals surface area contributed by atoms with E-state index in [2.05, 4.69) is 148 Å². The molecule has 4 nitrogen and oxygen atoms in total. The molecule has 1 aliphatic heterocycles. The Balaban J connectivity index is 4.46. The van der Waals surface area contributed by atoms with E-state index in [-0.39, 0.29) is 20.2 Å². The molecule has 0 unspecified atom stereocenters.